The Bertz CT molecular complexity index is 1370. The molecule has 1 aliphatic rings. The number of nitrogens with one attached hydrogen (secondary N) is 1. The lowest BCUT2D eigenvalue weighted by atomic mass is 9.93. The summed E-state index contributed by atoms with van der Waals surface area (Å²) in [4.78, 5) is 13.0. The number of benzene rings is 3. The van der Waals surface area contributed by atoms with Crippen molar-refractivity contribution in [3.8, 4) is 22.8 Å². The van der Waals surface area contributed by atoms with Gasteiger partial charge in [0.05, 0.1) is 11.3 Å². The van der Waals surface area contributed by atoms with Gasteiger partial charge in [-0.3, -0.25) is 4.79 Å². The number of furan rings is 1. The fourth-order valence-corrected chi connectivity index (χ4v) is 5.30. The highest BCUT2D eigenvalue weighted by Gasteiger charge is 2.27. The molecule has 0 unspecified atom stereocenters. The van der Waals surface area contributed by atoms with Gasteiger partial charge in [0.2, 0.25) is 0 Å². The number of halogens is 1. The Labute approximate surface area is 208 Å². The fraction of sp³-hybridized carbons (Fsp3) is 0.250. The van der Waals surface area contributed by atoms with Crippen molar-refractivity contribution in [1.82, 2.24) is 5.32 Å². The third-order valence-electron chi connectivity index (χ3n) is 6.48. The second-order valence-electron chi connectivity index (χ2n) is 8.70. The number of amides is 1. The average molecular weight is 491 g/mol. The Morgan fingerprint density at radius 2 is 1.80 bits per heavy atom. The summed E-state index contributed by atoms with van der Waals surface area (Å²) in [5.41, 5.74) is 4.39. The second kappa shape index (κ2) is 9.66. The van der Waals surface area contributed by atoms with Crippen LogP contribution >= 0.6 is 11.9 Å². The molecule has 0 saturated carbocycles. The maximum atomic E-state index is 13.2. The summed E-state index contributed by atoms with van der Waals surface area (Å²) < 4.78 is 27.6. The molecule has 35 heavy (non-hydrogen) atoms. The summed E-state index contributed by atoms with van der Waals surface area (Å²) >= 11 is 1.71. The molecule has 1 N–H and O–H groups in total. The Kier molecular flexibility index (Phi) is 6.43. The highest BCUT2D eigenvalue weighted by atomic mass is 32.2. The molecule has 5 nitrogen and oxygen atoms in total. The molecule has 3 aromatic carbocycles. The van der Waals surface area contributed by atoms with Gasteiger partial charge in [-0.2, -0.15) is 0 Å². The van der Waals surface area contributed by atoms with E-state index in [4.69, 9.17) is 9.15 Å². The monoisotopic (exact) mass is 490 g/mol. The molecule has 0 radical (unpaired) electrons. The molecule has 1 aliphatic heterocycles. The van der Waals surface area contributed by atoms with Crippen LogP contribution in [0.25, 0.3) is 22.3 Å². The van der Waals surface area contributed by atoms with Gasteiger partial charge in [-0.1, -0.05) is 18.9 Å². The Morgan fingerprint density at radius 1 is 1.11 bits per heavy atom. The number of anilines is 1. The maximum Gasteiger partial charge on any atom is 0.255 e. The molecule has 5 rings (SSSR count). The molecular formula is C28H27FN2O3S. The van der Waals surface area contributed by atoms with Gasteiger partial charge in [-0.05, 0) is 78.9 Å². The summed E-state index contributed by atoms with van der Waals surface area (Å²) in [6, 6.07) is 17.4. The summed E-state index contributed by atoms with van der Waals surface area (Å²) in [6.45, 7) is 3.23. The van der Waals surface area contributed by atoms with Crippen LogP contribution in [0.1, 0.15) is 41.6 Å². The second-order valence-corrected chi connectivity index (χ2v) is 9.51. The molecule has 1 amide bonds. The number of rotatable bonds is 5. The van der Waals surface area contributed by atoms with Crippen molar-refractivity contribution in [1.29, 1.82) is 0 Å². The van der Waals surface area contributed by atoms with Gasteiger partial charge in [0.15, 0.2) is 0 Å². The highest BCUT2D eigenvalue weighted by Crippen LogP contribution is 2.43. The molecule has 0 bridgehead atoms. The molecular weight excluding hydrogens is 463 g/mol. The summed E-state index contributed by atoms with van der Waals surface area (Å²) in [6.07, 6.45) is 4.31. The molecule has 1 aromatic heterocycles. The van der Waals surface area contributed by atoms with Crippen LogP contribution in [0.15, 0.2) is 65.1 Å². The smallest absolute Gasteiger partial charge is 0.255 e. The molecule has 7 heteroatoms. The quantitative estimate of drug-likeness (QED) is 0.296. The zero-order valence-corrected chi connectivity index (χ0v) is 20.7. The number of fused-ring (bicyclic) bond motifs is 2. The minimum atomic E-state index is -0.313. The normalized spacial score (nSPS) is 15.5. The first-order chi connectivity index (χ1) is 17.0. The maximum absolute atomic E-state index is 13.2. The largest absolute Gasteiger partial charge is 0.457 e. The van der Waals surface area contributed by atoms with Crippen LogP contribution in [0.4, 0.5) is 10.1 Å². The zero-order valence-electron chi connectivity index (χ0n) is 19.9. The summed E-state index contributed by atoms with van der Waals surface area (Å²) in [5, 5.41) is 3.59. The number of hydrogen-bond donors (Lipinski definition) is 1. The van der Waals surface area contributed by atoms with Crippen LogP contribution in [0.3, 0.4) is 0 Å². The number of ether oxygens (including phenoxy) is 1. The van der Waals surface area contributed by atoms with Gasteiger partial charge in [-0.15, -0.1) is 0 Å². The van der Waals surface area contributed by atoms with Crippen molar-refractivity contribution in [2.24, 2.45) is 0 Å². The number of carbonyl (C=O) groups is 1. The molecule has 0 aliphatic carbocycles. The predicted octanol–water partition coefficient (Wildman–Crippen LogP) is 7.37. The van der Waals surface area contributed by atoms with E-state index >= 15 is 0 Å². The number of carbonyl (C=O) groups excluding carboxylic acids is 1. The first-order valence-corrected chi connectivity index (χ1v) is 12.8. The van der Waals surface area contributed by atoms with Crippen molar-refractivity contribution in [2.45, 2.75) is 25.7 Å². The van der Waals surface area contributed by atoms with Crippen LogP contribution < -0.4 is 14.4 Å². The molecule has 1 atom stereocenters. The van der Waals surface area contributed by atoms with E-state index in [9.17, 15) is 9.18 Å². The van der Waals surface area contributed by atoms with Gasteiger partial charge < -0.3 is 18.8 Å². The molecule has 0 spiro atoms. The lowest BCUT2D eigenvalue weighted by Gasteiger charge is -2.22. The molecule has 2 heterocycles. The lowest BCUT2D eigenvalue weighted by molar-refractivity contribution is 0.0964. The molecule has 0 saturated heterocycles. The zero-order chi connectivity index (χ0) is 24.5. The Morgan fingerprint density at radius 3 is 2.46 bits per heavy atom. The van der Waals surface area contributed by atoms with Crippen LogP contribution in [-0.4, -0.2) is 25.8 Å². The van der Waals surface area contributed by atoms with Gasteiger partial charge in [-0.25, -0.2) is 4.39 Å². The highest BCUT2D eigenvalue weighted by molar-refractivity contribution is 7.99. The number of nitrogens with zero attached hydrogens (tertiary/aromatic N) is 1. The SMILES string of the molecule is CNC(=O)c1c(-c2ccc(Oc3ccc(F)cc3)cc2)oc2cc3c(cc12)[C@@H](C)CCCN3SC. The predicted molar refractivity (Wildman–Crippen MR) is 140 cm³/mol. The van der Waals surface area contributed by atoms with E-state index in [1.165, 1.54) is 17.7 Å². The van der Waals surface area contributed by atoms with E-state index in [0.29, 0.717) is 34.3 Å². The average Bonchev–Trinajstić information content (AvgIpc) is 3.17. The van der Waals surface area contributed by atoms with Gasteiger partial charge >= 0.3 is 0 Å². The third kappa shape index (κ3) is 4.48. The van der Waals surface area contributed by atoms with Crippen molar-refractivity contribution in [2.75, 3.05) is 24.2 Å². The minimum Gasteiger partial charge on any atom is -0.457 e. The van der Waals surface area contributed by atoms with E-state index in [1.54, 1.807) is 31.1 Å². The van der Waals surface area contributed by atoms with E-state index in [2.05, 4.69) is 34.9 Å². The van der Waals surface area contributed by atoms with Crippen molar-refractivity contribution in [3.63, 3.8) is 0 Å². The fourth-order valence-electron chi connectivity index (χ4n) is 4.63. The van der Waals surface area contributed by atoms with Gasteiger partial charge in [0, 0.05) is 36.9 Å². The summed E-state index contributed by atoms with van der Waals surface area (Å²) in [7, 11) is 1.63. The van der Waals surface area contributed by atoms with Crippen LogP contribution in [-0.2, 0) is 0 Å². The Hall–Kier alpha value is -3.45. The Balaban J connectivity index is 1.58. The standard InChI is InChI=1S/C28H27FN2O3S/c1-17-5-4-14-31(35-3)24-16-25-23(15-22(17)24)26(28(32)30-2)27(34-25)18-6-10-20(11-7-18)33-21-12-8-19(29)9-13-21/h6-13,15-17H,4-5,14H2,1-3H3,(H,30,32)/t17-/m0/s1. The molecule has 0 fully saturated rings. The molecule has 4 aromatic rings. The topological polar surface area (TPSA) is 54.7 Å². The van der Waals surface area contributed by atoms with Crippen LogP contribution in [0, 0.1) is 5.82 Å². The van der Waals surface area contributed by atoms with Gasteiger partial charge in [0.25, 0.3) is 5.91 Å². The number of hydrogen-bond acceptors (Lipinski definition) is 5. The minimum absolute atomic E-state index is 0.187. The van der Waals surface area contributed by atoms with Gasteiger partial charge in [0.1, 0.15) is 28.7 Å². The van der Waals surface area contributed by atoms with Crippen LogP contribution in [0.2, 0.25) is 0 Å². The van der Waals surface area contributed by atoms with Crippen LogP contribution in [0.5, 0.6) is 11.5 Å². The summed E-state index contributed by atoms with van der Waals surface area (Å²) in [5.74, 6) is 1.57. The van der Waals surface area contributed by atoms with Crippen molar-refractivity contribution in [3.05, 3.63) is 77.6 Å². The first-order valence-electron chi connectivity index (χ1n) is 11.7. The van der Waals surface area contributed by atoms with Crippen molar-refractivity contribution >= 4 is 34.5 Å². The first kappa shape index (κ1) is 23.3. The van der Waals surface area contributed by atoms with E-state index < -0.39 is 0 Å². The van der Waals surface area contributed by atoms with E-state index in [0.717, 1.165) is 36.0 Å². The van der Waals surface area contributed by atoms with Crippen molar-refractivity contribution < 1.29 is 18.3 Å². The van der Waals surface area contributed by atoms with E-state index in [1.807, 2.05) is 24.3 Å². The van der Waals surface area contributed by atoms with E-state index in [-0.39, 0.29) is 11.7 Å². The lowest BCUT2D eigenvalue weighted by Crippen LogP contribution is -2.18. The molecule has 180 valence electrons. The third-order valence-corrected chi connectivity index (χ3v) is 7.30.